The highest BCUT2D eigenvalue weighted by molar-refractivity contribution is 7.09. The van der Waals surface area contributed by atoms with E-state index < -0.39 is 5.97 Å². The van der Waals surface area contributed by atoms with Crippen LogP contribution in [0.3, 0.4) is 0 Å². The van der Waals surface area contributed by atoms with E-state index in [1.165, 1.54) is 11.3 Å². The Kier molecular flexibility index (Phi) is 13.3. The average Bonchev–Trinajstić information content (AvgIpc) is 3.35. The summed E-state index contributed by atoms with van der Waals surface area (Å²) in [5.74, 6) is -0.606. The Hall–Kier alpha value is -2.74. The van der Waals surface area contributed by atoms with E-state index in [4.69, 9.17) is 5.11 Å². The molecule has 2 rings (SSSR count). The van der Waals surface area contributed by atoms with Crippen LogP contribution in [-0.4, -0.2) is 51.4 Å². The Morgan fingerprint density at radius 3 is 2.41 bits per heavy atom. The van der Waals surface area contributed by atoms with Crippen LogP contribution in [0, 0.1) is 5.92 Å². The molecule has 0 bridgehead atoms. The summed E-state index contributed by atoms with van der Waals surface area (Å²) in [5.41, 5.74) is 1.40. The van der Waals surface area contributed by atoms with Gasteiger partial charge >= 0.3 is 5.97 Å². The molecule has 0 aliphatic rings. The number of unbranched alkanes of at least 4 members (excludes halogenated alkanes) is 1. The SMILES string of the molecule is CCCCC(=O)N(CCC)C(CCc1nc(C(=O)NC(CCC(=O)O)Cc2ccccc2)cs1)C(C)C. The van der Waals surface area contributed by atoms with Gasteiger partial charge in [-0.3, -0.25) is 14.4 Å². The van der Waals surface area contributed by atoms with Crippen LogP contribution < -0.4 is 5.32 Å². The molecule has 2 atom stereocenters. The van der Waals surface area contributed by atoms with Crippen molar-refractivity contribution in [1.29, 1.82) is 0 Å². The molecule has 204 valence electrons. The number of carbonyl (C=O) groups excluding carboxylic acids is 2. The lowest BCUT2D eigenvalue weighted by Gasteiger charge is -2.34. The number of carboxylic acids is 1. The number of aliphatic carboxylic acids is 1. The van der Waals surface area contributed by atoms with Crippen molar-refractivity contribution in [2.45, 2.75) is 97.6 Å². The molecular formula is C29H43N3O4S. The Labute approximate surface area is 225 Å². The zero-order chi connectivity index (χ0) is 27.2. The van der Waals surface area contributed by atoms with Crippen LogP contribution in [-0.2, 0) is 22.4 Å². The topological polar surface area (TPSA) is 99.6 Å². The van der Waals surface area contributed by atoms with Gasteiger partial charge in [-0.2, -0.15) is 0 Å². The Bertz CT molecular complexity index is 977. The fourth-order valence-electron chi connectivity index (χ4n) is 4.52. The van der Waals surface area contributed by atoms with Crippen molar-refractivity contribution >= 4 is 29.1 Å². The molecule has 37 heavy (non-hydrogen) atoms. The quantitative estimate of drug-likeness (QED) is 0.272. The lowest BCUT2D eigenvalue weighted by Crippen LogP contribution is -2.44. The number of aryl methyl sites for hydroxylation is 1. The van der Waals surface area contributed by atoms with Gasteiger partial charge < -0.3 is 15.3 Å². The van der Waals surface area contributed by atoms with Crippen LogP contribution in [0.1, 0.15) is 93.7 Å². The number of carbonyl (C=O) groups is 3. The van der Waals surface area contributed by atoms with E-state index in [9.17, 15) is 14.4 Å². The number of hydrogen-bond acceptors (Lipinski definition) is 5. The van der Waals surface area contributed by atoms with Gasteiger partial charge in [0.2, 0.25) is 5.91 Å². The van der Waals surface area contributed by atoms with Gasteiger partial charge in [-0.25, -0.2) is 4.98 Å². The molecule has 0 aliphatic heterocycles. The highest BCUT2D eigenvalue weighted by Crippen LogP contribution is 2.22. The zero-order valence-corrected chi connectivity index (χ0v) is 23.6. The molecule has 0 aliphatic carbocycles. The first-order chi connectivity index (χ1) is 17.7. The standard InChI is InChI=1S/C29H43N3O4S/c1-5-7-13-27(33)32(18-6-2)25(21(3)4)15-16-26-31-24(20-37-26)29(36)30-23(14-17-28(34)35)19-22-11-9-8-10-12-22/h8-12,20-21,23,25H,5-7,13-19H2,1-4H3,(H,30,36)(H,34,35). The Morgan fingerprint density at radius 1 is 1.05 bits per heavy atom. The normalized spacial score (nSPS) is 12.8. The number of aromatic nitrogens is 1. The molecule has 1 heterocycles. The van der Waals surface area contributed by atoms with Crippen molar-refractivity contribution in [1.82, 2.24) is 15.2 Å². The summed E-state index contributed by atoms with van der Waals surface area (Å²) in [4.78, 5) is 43.6. The maximum atomic E-state index is 13.0. The predicted octanol–water partition coefficient (Wildman–Crippen LogP) is 5.74. The first-order valence-electron chi connectivity index (χ1n) is 13.6. The molecule has 7 nitrogen and oxygen atoms in total. The van der Waals surface area contributed by atoms with Crippen LogP contribution in [0.15, 0.2) is 35.7 Å². The minimum atomic E-state index is -0.881. The second kappa shape index (κ2) is 16.2. The van der Waals surface area contributed by atoms with Gasteiger partial charge in [0.25, 0.3) is 5.91 Å². The number of thiazole rings is 1. The number of nitrogens with zero attached hydrogens (tertiary/aromatic N) is 2. The molecular weight excluding hydrogens is 486 g/mol. The Balaban J connectivity index is 2.03. The molecule has 0 saturated carbocycles. The van der Waals surface area contributed by atoms with Crippen molar-refractivity contribution in [3.63, 3.8) is 0 Å². The van der Waals surface area contributed by atoms with E-state index in [2.05, 4.69) is 42.9 Å². The summed E-state index contributed by atoms with van der Waals surface area (Å²) in [6, 6.07) is 9.58. The lowest BCUT2D eigenvalue weighted by atomic mass is 9.96. The van der Waals surface area contributed by atoms with Gasteiger partial charge in [0.05, 0.1) is 5.01 Å². The highest BCUT2D eigenvalue weighted by Gasteiger charge is 2.26. The van der Waals surface area contributed by atoms with Crippen LogP contribution in [0.25, 0.3) is 0 Å². The third kappa shape index (κ3) is 10.6. The first-order valence-corrected chi connectivity index (χ1v) is 14.4. The second-order valence-corrected chi connectivity index (χ2v) is 10.9. The van der Waals surface area contributed by atoms with Crippen molar-refractivity contribution in [2.24, 2.45) is 5.92 Å². The van der Waals surface area contributed by atoms with Crippen LogP contribution >= 0.6 is 11.3 Å². The van der Waals surface area contributed by atoms with Gasteiger partial charge in [0.1, 0.15) is 5.69 Å². The summed E-state index contributed by atoms with van der Waals surface area (Å²) in [6.45, 7) is 9.28. The van der Waals surface area contributed by atoms with E-state index in [1.807, 2.05) is 30.3 Å². The van der Waals surface area contributed by atoms with Crippen LogP contribution in [0.4, 0.5) is 0 Å². The van der Waals surface area contributed by atoms with E-state index in [0.717, 1.165) is 42.8 Å². The molecule has 2 N–H and O–H groups in total. The minimum Gasteiger partial charge on any atom is -0.481 e. The summed E-state index contributed by atoms with van der Waals surface area (Å²) in [5, 5.41) is 14.8. The lowest BCUT2D eigenvalue weighted by molar-refractivity contribution is -0.137. The number of hydrogen-bond donors (Lipinski definition) is 2. The third-order valence-electron chi connectivity index (χ3n) is 6.50. The van der Waals surface area contributed by atoms with Gasteiger partial charge in [0, 0.05) is 43.3 Å². The molecule has 0 fully saturated rings. The van der Waals surface area contributed by atoms with Crippen LogP contribution in [0.5, 0.6) is 0 Å². The van der Waals surface area contributed by atoms with Gasteiger partial charge in [-0.1, -0.05) is 64.4 Å². The predicted molar refractivity (Wildman–Crippen MR) is 149 cm³/mol. The Morgan fingerprint density at radius 2 is 1.78 bits per heavy atom. The molecule has 8 heteroatoms. The number of rotatable bonds is 17. The van der Waals surface area contributed by atoms with E-state index in [1.54, 1.807) is 5.38 Å². The van der Waals surface area contributed by atoms with Crippen molar-refractivity contribution in [3.05, 3.63) is 52.0 Å². The summed E-state index contributed by atoms with van der Waals surface area (Å²) in [6.07, 6.45) is 5.84. The van der Waals surface area contributed by atoms with Crippen LogP contribution in [0.2, 0.25) is 0 Å². The van der Waals surface area contributed by atoms with E-state index in [0.29, 0.717) is 37.3 Å². The van der Waals surface area contributed by atoms with Crippen molar-refractivity contribution in [3.8, 4) is 0 Å². The molecule has 0 spiro atoms. The third-order valence-corrected chi connectivity index (χ3v) is 7.41. The van der Waals surface area contributed by atoms with Crippen molar-refractivity contribution in [2.75, 3.05) is 6.54 Å². The molecule has 2 aromatic rings. The molecule has 0 saturated heterocycles. The molecule has 1 aromatic carbocycles. The van der Waals surface area contributed by atoms with Crippen molar-refractivity contribution < 1.29 is 19.5 Å². The van der Waals surface area contributed by atoms with Gasteiger partial charge in [-0.15, -0.1) is 11.3 Å². The number of amides is 2. The first kappa shape index (κ1) is 30.5. The van der Waals surface area contributed by atoms with E-state index in [-0.39, 0.29) is 30.3 Å². The molecule has 2 unspecified atom stereocenters. The molecule has 1 aromatic heterocycles. The highest BCUT2D eigenvalue weighted by atomic mass is 32.1. The summed E-state index contributed by atoms with van der Waals surface area (Å²) < 4.78 is 0. The smallest absolute Gasteiger partial charge is 0.303 e. The number of nitrogens with one attached hydrogen (secondary N) is 1. The maximum absolute atomic E-state index is 13.0. The minimum absolute atomic E-state index is 0.0120. The molecule has 0 radical (unpaired) electrons. The fourth-order valence-corrected chi connectivity index (χ4v) is 5.31. The number of carboxylic acid groups (broad SMARTS) is 1. The second-order valence-electron chi connectivity index (χ2n) is 9.96. The summed E-state index contributed by atoms with van der Waals surface area (Å²) in [7, 11) is 0. The van der Waals surface area contributed by atoms with E-state index >= 15 is 0 Å². The maximum Gasteiger partial charge on any atom is 0.303 e. The van der Waals surface area contributed by atoms with Gasteiger partial charge in [0.15, 0.2) is 0 Å². The average molecular weight is 530 g/mol. The zero-order valence-electron chi connectivity index (χ0n) is 22.7. The molecule has 2 amide bonds. The summed E-state index contributed by atoms with van der Waals surface area (Å²) >= 11 is 1.46. The fraction of sp³-hybridized carbons (Fsp3) is 0.586. The largest absolute Gasteiger partial charge is 0.481 e. The van der Waals surface area contributed by atoms with Gasteiger partial charge in [-0.05, 0) is 43.6 Å². The number of benzene rings is 1. The monoisotopic (exact) mass is 529 g/mol.